The SMILES string of the molecule is CO[C@H]1C(=O)N(C(C)C)[C@H]1C1CCN(C(=O)Cn2cc(C)cn2)CC1. The molecule has 25 heavy (non-hydrogen) atoms. The average Bonchev–Trinajstić information content (AvgIpc) is 2.97. The number of aromatic nitrogens is 2. The van der Waals surface area contributed by atoms with E-state index in [0.717, 1.165) is 31.5 Å². The molecule has 7 nitrogen and oxygen atoms in total. The Morgan fingerprint density at radius 2 is 2.04 bits per heavy atom. The van der Waals surface area contributed by atoms with E-state index in [2.05, 4.69) is 5.10 Å². The quantitative estimate of drug-likeness (QED) is 0.747. The van der Waals surface area contributed by atoms with Gasteiger partial charge >= 0.3 is 0 Å². The van der Waals surface area contributed by atoms with E-state index in [1.165, 1.54) is 0 Å². The minimum absolute atomic E-state index is 0.0926. The molecule has 0 aromatic carbocycles. The number of hydrogen-bond acceptors (Lipinski definition) is 4. The fraction of sp³-hybridized carbons (Fsp3) is 0.722. The van der Waals surface area contributed by atoms with Crippen LogP contribution in [0.25, 0.3) is 0 Å². The predicted molar refractivity (Wildman–Crippen MR) is 92.8 cm³/mol. The van der Waals surface area contributed by atoms with Gasteiger partial charge in [-0.1, -0.05) is 0 Å². The molecule has 0 N–H and O–H groups in total. The van der Waals surface area contributed by atoms with Crippen molar-refractivity contribution in [3.05, 3.63) is 18.0 Å². The third kappa shape index (κ3) is 3.42. The van der Waals surface area contributed by atoms with Gasteiger partial charge in [-0.25, -0.2) is 0 Å². The Balaban J connectivity index is 1.56. The van der Waals surface area contributed by atoms with Crippen molar-refractivity contribution >= 4 is 11.8 Å². The van der Waals surface area contributed by atoms with Crippen LogP contribution in [0.4, 0.5) is 0 Å². The maximum Gasteiger partial charge on any atom is 0.254 e. The van der Waals surface area contributed by atoms with Crippen LogP contribution in [0.1, 0.15) is 32.3 Å². The highest BCUT2D eigenvalue weighted by molar-refractivity contribution is 5.88. The second kappa shape index (κ2) is 7.15. The average molecular weight is 348 g/mol. The molecule has 1 aromatic rings. The van der Waals surface area contributed by atoms with Gasteiger partial charge in [-0.2, -0.15) is 5.10 Å². The number of likely N-dealkylation sites (tertiary alicyclic amines) is 2. The molecule has 2 fully saturated rings. The van der Waals surface area contributed by atoms with Gasteiger partial charge in [-0.05, 0) is 45.1 Å². The van der Waals surface area contributed by atoms with E-state index in [1.54, 1.807) is 18.0 Å². The number of ether oxygens (including phenoxy) is 1. The smallest absolute Gasteiger partial charge is 0.254 e. The summed E-state index contributed by atoms with van der Waals surface area (Å²) in [5, 5.41) is 4.18. The Labute approximate surface area is 148 Å². The number of rotatable bonds is 5. The molecule has 138 valence electrons. The van der Waals surface area contributed by atoms with Gasteiger partial charge in [0.2, 0.25) is 5.91 Å². The van der Waals surface area contributed by atoms with Crippen molar-refractivity contribution in [2.45, 2.75) is 58.3 Å². The molecular weight excluding hydrogens is 320 g/mol. The minimum Gasteiger partial charge on any atom is -0.369 e. The fourth-order valence-corrected chi connectivity index (χ4v) is 4.10. The third-order valence-corrected chi connectivity index (χ3v) is 5.37. The molecule has 7 heteroatoms. The summed E-state index contributed by atoms with van der Waals surface area (Å²) >= 11 is 0. The largest absolute Gasteiger partial charge is 0.369 e. The van der Waals surface area contributed by atoms with Crippen molar-refractivity contribution in [1.82, 2.24) is 19.6 Å². The summed E-state index contributed by atoms with van der Waals surface area (Å²) < 4.78 is 7.11. The third-order valence-electron chi connectivity index (χ3n) is 5.37. The second-order valence-corrected chi connectivity index (χ2v) is 7.42. The molecule has 2 amide bonds. The molecule has 3 heterocycles. The standard InChI is InChI=1S/C18H28N4O3/c1-12(2)22-16(17(25-4)18(22)24)14-5-7-20(8-6-14)15(23)11-21-10-13(3)9-19-21/h9-10,12,14,16-17H,5-8,11H2,1-4H3/t16-,17+/m0/s1. The van der Waals surface area contributed by atoms with Crippen LogP contribution in [0.2, 0.25) is 0 Å². The molecule has 2 aliphatic heterocycles. The van der Waals surface area contributed by atoms with Crippen LogP contribution < -0.4 is 0 Å². The van der Waals surface area contributed by atoms with Gasteiger partial charge in [-0.15, -0.1) is 0 Å². The van der Waals surface area contributed by atoms with Crippen LogP contribution in [0.5, 0.6) is 0 Å². The summed E-state index contributed by atoms with van der Waals surface area (Å²) in [5.41, 5.74) is 1.06. The molecule has 2 saturated heterocycles. The number of aryl methyl sites for hydroxylation is 1. The number of amides is 2. The molecule has 2 aliphatic rings. The van der Waals surface area contributed by atoms with Gasteiger partial charge in [0, 0.05) is 32.4 Å². The Bertz CT molecular complexity index is 634. The van der Waals surface area contributed by atoms with Gasteiger partial charge in [0.05, 0.1) is 12.2 Å². The molecule has 3 rings (SSSR count). The van der Waals surface area contributed by atoms with Crippen molar-refractivity contribution in [2.24, 2.45) is 5.92 Å². The number of nitrogens with zero attached hydrogens (tertiary/aromatic N) is 4. The first kappa shape index (κ1) is 17.9. The lowest BCUT2D eigenvalue weighted by Gasteiger charge is -2.53. The highest BCUT2D eigenvalue weighted by Gasteiger charge is 2.52. The summed E-state index contributed by atoms with van der Waals surface area (Å²) in [6.07, 6.45) is 5.14. The van der Waals surface area contributed by atoms with Gasteiger partial charge in [0.25, 0.3) is 5.91 Å². The maximum absolute atomic E-state index is 12.5. The molecule has 0 bridgehead atoms. The van der Waals surface area contributed by atoms with Crippen LogP contribution >= 0.6 is 0 Å². The fourth-order valence-electron chi connectivity index (χ4n) is 4.10. The van der Waals surface area contributed by atoms with Crippen LogP contribution in [0.15, 0.2) is 12.4 Å². The number of methoxy groups -OCH3 is 1. The van der Waals surface area contributed by atoms with E-state index in [4.69, 9.17) is 4.74 Å². The lowest BCUT2D eigenvalue weighted by molar-refractivity contribution is -0.182. The van der Waals surface area contributed by atoms with Crippen LogP contribution in [-0.2, 0) is 20.9 Å². The molecule has 0 unspecified atom stereocenters. The molecule has 2 atom stereocenters. The topological polar surface area (TPSA) is 67.7 Å². The number of piperidine rings is 1. The van der Waals surface area contributed by atoms with E-state index in [0.29, 0.717) is 12.5 Å². The van der Waals surface area contributed by atoms with Gasteiger partial charge in [-0.3, -0.25) is 14.3 Å². The van der Waals surface area contributed by atoms with Gasteiger partial charge in [0.15, 0.2) is 6.10 Å². The summed E-state index contributed by atoms with van der Waals surface area (Å²) in [6.45, 7) is 7.81. The molecule has 0 spiro atoms. The maximum atomic E-state index is 12.5. The van der Waals surface area contributed by atoms with E-state index in [-0.39, 0.29) is 30.0 Å². The molecular formula is C18H28N4O3. The molecule has 0 aliphatic carbocycles. The van der Waals surface area contributed by atoms with Crippen molar-refractivity contribution in [1.29, 1.82) is 0 Å². The zero-order valence-electron chi connectivity index (χ0n) is 15.5. The number of β-lactam (4-membered cyclic amide) rings is 1. The molecule has 0 saturated carbocycles. The monoisotopic (exact) mass is 348 g/mol. The Hall–Kier alpha value is -1.89. The summed E-state index contributed by atoms with van der Waals surface area (Å²) in [5.74, 6) is 0.589. The number of carbonyl (C=O) groups is 2. The van der Waals surface area contributed by atoms with E-state index < -0.39 is 0 Å². The van der Waals surface area contributed by atoms with Crippen molar-refractivity contribution in [2.75, 3.05) is 20.2 Å². The van der Waals surface area contributed by atoms with Crippen LogP contribution in [0.3, 0.4) is 0 Å². The highest BCUT2D eigenvalue weighted by atomic mass is 16.5. The van der Waals surface area contributed by atoms with Gasteiger partial charge in [0.1, 0.15) is 6.54 Å². The minimum atomic E-state index is -0.318. The van der Waals surface area contributed by atoms with Gasteiger partial charge < -0.3 is 14.5 Å². The normalized spacial score (nSPS) is 24.8. The lowest BCUT2D eigenvalue weighted by Crippen LogP contribution is -2.70. The molecule has 0 radical (unpaired) electrons. The lowest BCUT2D eigenvalue weighted by atomic mass is 9.79. The van der Waals surface area contributed by atoms with E-state index in [9.17, 15) is 9.59 Å². The first-order valence-electron chi connectivity index (χ1n) is 9.04. The van der Waals surface area contributed by atoms with Crippen molar-refractivity contribution in [3.8, 4) is 0 Å². The first-order valence-corrected chi connectivity index (χ1v) is 9.04. The summed E-state index contributed by atoms with van der Waals surface area (Å²) in [4.78, 5) is 28.5. The number of carbonyl (C=O) groups excluding carboxylic acids is 2. The summed E-state index contributed by atoms with van der Waals surface area (Å²) in [7, 11) is 1.61. The molecule has 1 aromatic heterocycles. The Morgan fingerprint density at radius 1 is 1.36 bits per heavy atom. The van der Waals surface area contributed by atoms with E-state index in [1.807, 2.05) is 36.8 Å². The number of hydrogen-bond donors (Lipinski definition) is 0. The van der Waals surface area contributed by atoms with Crippen molar-refractivity contribution < 1.29 is 14.3 Å². The van der Waals surface area contributed by atoms with Crippen LogP contribution in [0, 0.1) is 12.8 Å². The Morgan fingerprint density at radius 3 is 2.56 bits per heavy atom. The highest BCUT2D eigenvalue weighted by Crippen LogP contribution is 2.36. The van der Waals surface area contributed by atoms with E-state index >= 15 is 0 Å². The summed E-state index contributed by atoms with van der Waals surface area (Å²) in [6, 6.07) is 0.329. The van der Waals surface area contributed by atoms with Crippen molar-refractivity contribution in [3.63, 3.8) is 0 Å². The van der Waals surface area contributed by atoms with Crippen LogP contribution in [-0.4, -0.2) is 69.8 Å². The zero-order valence-corrected chi connectivity index (χ0v) is 15.5. The second-order valence-electron chi connectivity index (χ2n) is 7.42. The predicted octanol–water partition coefficient (Wildman–Crippen LogP) is 1.06. The zero-order chi connectivity index (χ0) is 18.1. The first-order chi connectivity index (χ1) is 11.9. The Kier molecular flexibility index (Phi) is 5.13.